The molecule has 0 unspecified atom stereocenters. The topological polar surface area (TPSA) is 80.4 Å². The number of hydrogen-bond acceptors (Lipinski definition) is 2. The largest absolute Gasteiger partial charge is 0.478 e. The Labute approximate surface area is 120 Å². The lowest BCUT2D eigenvalue weighted by Gasteiger charge is -2.09. The maximum absolute atomic E-state index is 11.3. The third-order valence-electron chi connectivity index (χ3n) is 3.43. The van der Waals surface area contributed by atoms with Gasteiger partial charge >= 0.3 is 5.97 Å². The third kappa shape index (κ3) is 4.68. The SMILES string of the molecule is CCCCCCCCc1cccc(C(N)=O)c1C(=O)O. The van der Waals surface area contributed by atoms with Crippen molar-refractivity contribution in [3.63, 3.8) is 0 Å². The Balaban J connectivity index is 2.67. The van der Waals surface area contributed by atoms with E-state index >= 15 is 0 Å². The van der Waals surface area contributed by atoms with Crippen LogP contribution in [0.3, 0.4) is 0 Å². The molecule has 4 heteroatoms. The predicted molar refractivity (Wildman–Crippen MR) is 79.0 cm³/mol. The van der Waals surface area contributed by atoms with Crippen molar-refractivity contribution in [2.75, 3.05) is 0 Å². The molecule has 0 radical (unpaired) electrons. The average Bonchev–Trinajstić information content (AvgIpc) is 2.42. The second kappa shape index (κ2) is 8.35. The number of hydrogen-bond donors (Lipinski definition) is 2. The molecule has 0 spiro atoms. The van der Waals surface area contributed by atoms with E-state index in [0.717, 1.165) is 12.8 Å². The van der Waals surface area contributed by atoms with Crippen LogP contribution in [0.2, 0.25) is 0 Å². The number of carboxylic acid groups (broad SMARTS) is 1. The van der Waals surface area contributed by atoms with E-state index in [-0.39, 0.29) is 11.1 Å². The summed E-state index contributed by atoms with van der Waals surface area (Å²) in [7, 11) is 0. The van der Waals surface area contributed by atoms with E-state index in [2.05, 4.69) is 6.92 Å². The highest BCUT2D eigenvalue weighted by Crippen LogP contribution is 2.18. The van der Waals surface area contributed by atoms with E-state index in [1.54, 1.807) is 12.1 Å². The van der Waals surface area contributed by atoms with Gasteiger partial charge in [-0.3, -0.25) is 4.79 Å². The van der Waals surface area contributed by atoms with Gasteiger partial charge in [-0.2, -0.15) is 0 Å². The second-order valence-corrected chi connectivity index (χ2v) is 5.03. The van der Waals surface area contributed by atoms with E-state index in [4.69, 9.17) is 5.73 Å². The van der Waals surface area contributed by atoms with Crippen LogP contribution < -0.4 is 5.73 Å². The van der Waals surface area contributed by atoms with E-state index in [1.165, 1.54) is 31.7 Å². The van der Waals surface area contributed by atoms with Gasteiger partial charge in [0.2, 0.25) is 5.91 Å². The van der Waals surface area contributed by atoms with Crippen LogP contribution in [0.4, 0.5) is 0 Å². The highest BCUT2D eigenvalue weighted by atomic mass is 16.4. The number of benzene rings is 1. The van der Waals surface area contributed by atoms with Gasteiger partial charge in [0.1, 0.15) is 0 Å². The fraction of sp³-hybridized carbons (Fsp3) is 0.500. The number of aryl methyl sites for hydroxylation is 1. The number of aromatic carboxylic acids is 1. The molecule has 1 rings (SSSR count). The van der Waals surface area contributed by atoms with Gasteiger partial charge in [0.25, 0.3) is 0 Å². The zero-order valence-corrected chi connectivity index (χ0v) is 12.0. The quantitative estimate of drug-likeness (QED) is 0.679. The number of unbranched alkanes of at least 4 members (excludes halogenated alkanes) is 5. The van der Waals surface area contributed by atoms with E-state index in [9.17, 15) is 14.7 Å². The summed E-state index contributed by atoms with van der Waals surface area (Å²) in [4.78, 5) is 22.6. The average molecular weight is 277 g/mol. The molecule has 0 heterocycles. The van der Waals surface area contributed by atoms with E-state index in [0.29, 0.717) is 12.0 Å². The molecule has 20 heavy (non-hydrogen) atoms. The minimum absolute atomic E-state index is 0.0635. The molecule has 110 valence electrons. The maximum Gasteiger partial charge on any atom is 0.336 e. The predicted octanol–water partition coefficient (Wildman–Crippen LogP) is 3.39. The first-order valence-corrected chi connectivity index (χ1v) is 7.23. The number of primary amides is 1. The molecule has 0 saturated carbocycles. The van der Waals surface area contributed by atoms with Crippen molar-refractivity contribution in [3.05, 3.63) is 34.9 Å². The smallest absolute Gasteiger partial charge is 0.336 e. The summed E-state index contributed by atoms with van der Waals surface area (Å²) in [6, 6.07) is 4.93. The molecule has 0 fully saturated rings. The van der Waals surface area contributed by atoms with Gasteiger partial charge in [0, 0.05) is 0 Å². The van der Waals surface area contributed by atoms with Crippen molar-refractivity contribution >= 4 is 11.9 Å². The first-order valence-electron chi connectivity index (χ1n) is 7.23. The van der Waals surface area contributed by atoms with Crippen LogP contribution in [0.5, 0.6) is 0 Å². The molecule has 0 atom stereocenters. The molecule has 0 aliphatic rings. The molecule has 0 aliphatic heterocycles. The molecule has 0 bridgehead atoms. The highest BCUT2D eigenvalue weighted by Gasteiger charge is 2.18. The Kier molecular flexibility index (Phi) is 6.77. The zero-order chi connectivity index (χ0) is 15.0. The van der Waals surface area contributed by atoms with Crippen LogP contribution in [-0.4, -0.2) is 17.0 Å². The number of nitrogens with two attached hydrogens (primary N) is 1. The lowest BCUT2D eigenvalue weighted by Crippen LogP contribution is -2.18. The highest BCUT2D eigenvalue weighted by molar-refractivity contribution is 6.05. The Morgan fingerprint density at radius 1 is 1.10 bits per heavy atom. The third-order valence-corrected chi connectivity index (χ3v) is 3.43. The summed E-state index contributed by atoms with van der Waals surface area (Å²) >= 11 is 0. The molecule has 3 N–H and O–H groups in total. The monoisotopic (exact) mass is 277 g/mol. The van der Waals surface area contributed by atoms with Crippen LogP contribution in [0.25, 0.3) is 0 Å². The fourth-order valence-corrected chi connectivity index (χ4v) is 2.36. The summed E-state index contributed by atoms with van der Waals surface area (Å²) in [5.41, 5.74) is 6.09. The molecular formula is C16H23NO3. The van der Waals surface area contributed by atoms with Gasteiger partial charge in [-0.1, -0.05) is 51.2 Å². The molecule has 1 aromatic carbocycles. The molecule has 1 amide bonds. The fourth-order valence-electron chi connectivity index (χ4n) is 2.36. The van der Waals surface area contributed by atoms with Crippen LogP contribution in [-0.2, 0) is 6.42 Å². The van der Waals surface area contributed by atoms with Crippen molar-refractivity contribution in [1.29, 1.82) is 0 Å². The summed E-state index contributed by atoms with van der Waals surface area (Å²) in [5, 5.41) is 9.26. The lowest BCUT2D eigenvalue weighted by atomic mass is 9.96. The van der Waals surface area contributed by atoms with Crippen molar-refractivity contribution in [1.82, 2.24) is 0 Å². The maximum atomic E-state index is 11.3. The Morgan fingerprint density at radius 3 is 2.35 bits per heavy atom. The second-order valence-electron chi connectivity index (χ2n) is 5.03. The molecule has 4 nitrogen and oxygen atoms in total. The van der Waals surface area contributed by atoms with Crippen molar-refractivity contribution in [2.45, 2.75) is 51.9 Å². The van der Waals surface area contributed by atoms with Crippen LogP contribution in [0, 0.1) is 0 Å². The van der Waals surface area contributed by atoms with E-state index < -0.39 is 11.9 Å². The lowest BCUT2D eigenvalue weighted by molar-refractivity contribution is 0.0690. The Morgan fingerprint density at radius 2 is 1.75 bits per heavy atom. The molecular weight excluding hydrogens is 254 g/mol. The van der Waals surface area contributed by atoms with Crippen LogP contribution in [0.1, 0.15) is 71.7 Å². The number of amides is 1. The minimum atomic E-state index is -1.08. The van der Waals surface area contributed by atoms with Crippen molar-refractivity contribution in [2.24, 2.45) is 5.73 Å². The molecule has 0 saturated heterocycles. The van der Waals surface area contributed by atoms with E-state index in [1.807, 2.05) is 0 Å². The van der Waals surface area contributed by atoms with Crippen LogP contribution >= 0.6 is 0 Å². The molecule has 0 aliphatic carbocycles. The Bertz CT molecular complexity index is 469. The van der Waals surface area contributed by atoms with Gasteiger partial charge in [-0.15, -0.1) is 0 Å². The van der Waals surface area contributed by atoms with Gasteiger partial charge < -0.3 is 10.8 Å². The number of carbonyl (C=O) groups is 2. The van der Waals surface area contributed by atoms with Gasteiger partial charge in [-0.25, -0.2) is 4.79 Å². The first kappa shape index (κ1) is 16.2. The van der Waals surface area contributed by atoms with Gasteiger partial charge in [0.05, 0.1) is 11.1 Å². The molecule has 0 aromatic heterocycles. The summed E-state index contributed by atoms with van der Waals surface area (Å²) in [6.07, 6.45) is 7.55. The standard InChI is InChI=1S/C16H23NO3/c1-2-3-4-5-6-7-9-12-10-8-11-13(15(17)18)14(12)16(19)20/h8,10-11H,2-7,9H2,1H3,(H2,17,18)(H,19,20). The zero-order valence-electron chi connectivity index (χ0n) is 12.0. The van der Waals surface area contributed by atoms with Crippen molar-refractivity contribution < 1.29 is 14.7 Å². The summed E-state index contributed by atoms with van der Waals surface area (Å²) < 4.78 is 0. The minimum Gasteiger partial charge on any atom is -0.478 e. The Hall–Kier alpha value is -1.84. The summed E-state index contributed by atoms with van der Waals surface area (Å²) in [5.74, 6) is -1.77. The van der Waals surface area contributed by atoms with Gasteiger partial charge in [0.15, 0.2) is 0 Å². The molecule has 1 aromatic rings. The first-order chi connectivity index (χ1) is 9.57. The normalized spacial score (nSPS) is 10.4. The van der Waals surface area contributed by atoms with Gasteiger partial charge in [-0.05, 0) is 24.5 Å². The number of rotatable bonds is 9. The number of carboxylic acids is 1. The summed E-state index contributed by atoms with van der Waals surface area (Å²) in [6.45, 7) is 2.18. The number of carbonyl (C=O) groups excluding carboxylic acids is 1. The van der Waals surface area contributed by atoms with Crippen LogP contribution in [0.15, 0.2) is 18.2 Å². The van der Waals surface area contributed by atoms with Crippen molar-refractivity contribution in [3.8, 4) is 0 Å².